The van der Waals surface area contributed by atoms with Crippen molar-refractivity contribution in [2.24, 2.45) is 0 Å². The Morgan fingerprint density at radius 2 is 2.33 bits per heavy atom. The summed E-state index contributed by atoms with van der Waals surface area (Å²) in [6.45, 7) is 6.03. The largest absolute Gasteiger partial charge is 0.341 e. The van der Waals surface area contributed by atoms with E-state index < -0.39 is 0 Å². The zero-order valence-corrected chi connectivity index (χ0v) is 10.8. The molecule has 0 aromatic rings. The predicted octanol–water partition coefficient (Wildman–Crippen LogP) is 1.34. The standard InChI is InChI=1S/C11H22N2OS/c1-9(2)12-10-5-7-13(11(10)14)6-4-8-15-3/h9-10,12H,4-8H2,1-3H3. The van der Waals surface area contributed by atoms with Gasteiger partial charge in [0.05, 0.1) is 6.04 Å². The molecule has 1 saturated heterocycles. The maximum Gasteiger partial charge on any atom is 0.239 e. The molecule has 4 heteroatoms. The molecule has 1 N–H and O–H groups in total. The molecular weight excluding hydrogens is 208 g/mol. The van der Waals surface area contributed by atoms with Crippen LogP contribution in [-0.2, 0) is 4.79 Å². The summed E-state index contributed by atoms with van der Waals surface area (Å²) >= 11 is 1.84. The topological polar surface area (TPSA) is 32.3 Å². The lowest BCUT2D eigenvalue weighted by atomic mass is 10.2. The molecule has 0 aliphatic carbocycles. The molecule has 0 spiro atoms. The first kappa shape index (κ1) is 12.8. The molecule has 1 rings (SSSR count). The average molecular weight is 230 g/mol. The number of carbonyl (C=O) groups is 1. The van der Waals surface area contributed by atoms with E-state index >= 15 is 0 Å². The van der Waals surface area contributed by atoms with Crippen molar-refractivity contribution in [3.63, 3.8) is 0 Å². The van der Waals surface area contributed by atoms with Crippen LogP contribution in [0.3, 0.4) is 0 Å². The van der Waals surface area contributed by atoms with E-state index in [1.807, 2.05) is 16.7 Å². The predicted molar refractivity (Wildman–Crippen MR) is 66.3 cm³/mol. The second kappa shape index (κ2) is 6.38. The van der Waals surface area contributed by atoms with Crippen molar-refractivity contribution in [2.75, 3.05) is 25.1 Å². The quantitative estimate of drug-likeness (QED) is 0.699. The Kier molecular flexibility index (Phi) is 5.47. The van der Waals surface area contributed by atoms with Gasteiger partial charge in [0, 0.05) is 19.1 Å². The number of nitrogens with zero attached hydrogens (tertiary/aromatic N) is 1. The van der Waals surface area contributed by atoms with Gasteiger partial charge in [0.25, 0.3) is 0 Å². The fourth-order valence-electron chi connectivity index (χ4n) is 1.92. The summed E-state index contributed by atoms with van der Waals surface area (Å²) < 4.78 is 0. The van der Waals surface area contributed by atoms with Crippen LogP contribution in [-0.4, -0.2) is 48.0 Å². The zero-order chi connectivity index (χ0) is 11.3. The van der Waals surface area contributed by atoms with Crippen molar-refractivity contribution in [1.29, 1.82) is 0 Å². The second-order valence-corrected chi connectivity index (χ2v) is 5.32. The molecule has 1 heterocycles. The minimum atomic E-state index is 0.0688. The Morgan fingerprint density at radius 3 is 2.93 bits per heavy atom. The van der Waals surface area contributed by atoms with E-state index in [0.29, 0.717) is 11.9 Å². The fourth-order valence-corrected chi connectivity index (χ4v) is 2.34. The molecule has 0 saturated carbocycles. The number of nitrogens with one attached hydrogen (secondary N) is 1. The van der Waals surface area contributed by atoms with Crippen LogP contribution >= 0.6 is 11.8 Å². The highest BCUT2D eigenvalue weighted by Gasteiger charge is 2.30. The van der Waals surface area contributed by atoms with Crippen LogP contribution in [0.1, 0.15) is 26.7 Å². The molecule has 0 aromatic heterocycles. The van der Waals surface area contributed by atoms with Crippen molar-refractivity contribution < 1.29 is 4.79 Å². The fraction of sp³-hybridized carbons (Fsp3) is 0.909. The minimum absolute atomic E-state index is 0.0688. The molecule has 3 nitrogen and oxygen atoms in total. The smallest absolute Gasteiger partial charge is 0.239 e. The van der Waals surface area contributed by atoms with Gasteiger partial charge in [-0.15, -0.1) is 0 Å². The molecule has 1 unspecified atom stereocenters. The van der Waals surface area contributed by atoms with Crippen LogP contribution in [0.15, 0.2) is 0 Å². The maximum atomic E-state index is 11.9. The number of rotatable bonds is 6. The normalized spacial score (nSPS) is 21.7. The van der Waals surface area contributed by atoms with Gasteiger partial charge >= 0.3 is 0 Å². The van der Waals surface area contributed by atoms with E-state index in [1.165, 1.54) is 0 Å². The lowest BCUT2D eigenvalue weighted by molar-refractivity contribution is -0.129. The van der Waals surface area contributed by atoms with Gasteiger partial charge in [-0.3, -0.25) is 4.79 Å². The number of hydrogen-bond donors (Lipinski definition) is 1. The van der Waals surface area contributed by atoms with Gasteiger partial charge in [-0.2, -0.15) is 11.8 Å². The number of amides is 1. The Labute approximate surface area is 97.0 Å². The van der Waals surface area contributed by atoms with Crippen molar-refractivity contribution in [3.05, 3.63) is 0 Å². The lowest BCUT2D eigenvalue weighted by Crippen LogP contribution is -2.41. The van der Waals surface area contributed by atoms with Gasteiger partial charge in [0.15, 0.2) is 0 Å². The van der Waals surface area contributed by atoms with E-state index in [-0.39, 0.29) is 6.04 Å². The minimum Gasteiger partial charge on any atom is -0.341 e. The number of thioether (sulfide) groups is 1. The third-order valence-electron chi connectivity index (χ3n) is 2.61. The van der Waals surface area contributed by atoms with Crippen LogP contribution in [0.25, 0.3) is 0 Å². The Hall–Kier alpha value is -0.220. The van der Waals surface area contributed by atoms with Crippen molar-refractivity contribution >= 4 is 17.7 Å². The van der Waals surface area contributed by atoms with Crippen molar-refractivity contribution in [1.82, 2.24) is 10.2 Å². The molecule has 1 atom stereocenters. The highest BCUT2D eigenvalue weighted by Crippen LogP contribution is 2.12. The van der Waals surface area contributed by atoms with Gasteiger partial charge in [-0.1, -0.05) is 13.8 Å². The molecule has 1 fully saturated rings. The van der Waals surface area contributed by atoms with Gasteiger partial charge in [-0.25, -0.2) is 0 Å². The Morgan fingerprint density at radius 1 is 1.60 bits per heavy atom. The SMILES string of the molecule is CSCCCN1CCC(NC(C)C)C1=O. The highest BCUT2D eigenvalue weighted by molar-refractivity contribution is 7.98. The first-order chi connectivity index (χ1) is 7.15. The average Bonchev–Trinajstić information content (AvgIpc) is 2.49. The molecule has 1 aliphatic heterocycles. The van der Waals surface area contributed by atoms with Gasteiger partial charge in [0.2, 0.25) is 5.91 Å². The summed E-state index contributed by atoms with van der Waals surface area (Å²) in [6, 6.07) is 0.462. The van der Waals surface area contributed by atoms with Crippen LogP contribution in [0.2, 0.25) is 0 Å². The van der Waals surface area contributed by atoms with Crippen molar-refractivity contribution in [3.8, 4) is 0 Å². The zero-order valence-electron chi connectivity index (χ0n) is 9.95. The van der Waals surface area contributed by atoms with E-state index in [2.05, 4.69) is 25.4 Å². The van der Waals surface area contributed by atoms with E-state index in [4.69, 9.17) is 0 Å². The monoisotopic (exact) mass is 230 g/mol. The first-order valence-electron chi connectivity index (χ1n) is 5.69. The molecule has 15 heavy (non-hydrogen) atoms. The number of carbonyl (C=O) groups excluding carboxylic acids is 1. The summed E-state index contributed by atoms with van der Waals surface area (Å²) in [5.41, 5.74) is 0. The summed E-state index contributed by atoms with van der Waals surface area (Å²) in [5.74, 6) is 1.44. The number of likely N-dealkylation sites (tertiary alicyclic amines) is 1. The van der Waals surface area contributed by atoms with Crippen LogP contribution < -0.4 is 5.32 Å². The Bertz CT molecular complexity index is 209. The molecule has 0 radical (unpaired) electrons. The molecule has 1 amide bonds. The second-order valence-electron chi connectivity index (χ2n) is 4.33. The molecule has 1 aliphatic rings. The maximum absolute atomic E-state index is 11.9. The van der Waals surface area contributed by atoms with Gasteiger partial charge in [-0.05, 0) is 24.9 Å². The first-order valence-corrected chi connectivity index (χ1v) is 7.08. The van der Waals surface area contributed by atoms with Crippen molar-refractivity contribution in [2.45, 2.75) is 38.8 Å². The van der Waals surface area contributed by atoms with E-state index in [0.717, 1.165) is 31.7 Å². The molecular formula is C11H22N2OS. The summed E-state index contributed by atoms with van der Waals surface area (Å²) in [4.78, 5) is 13.9. The third kappa shape index (κ3) is 4.03. The number of hydrogen-bond acceptors (Lipinski definition) is 3. The van der Waals surface area contributed by atoms with Gasteiger partial charge < -0.3 is 10.2 Å². The summed E-state index contributed by atoms with van der Waals surface area (Å²) in [5, 5.41) is 3.32. The van der Waals surface area contributed by atoms with Crippen LogP contribution in [0, 0.1) is 0 Å². The van der Waals surface area contributed by atoms with E-state index in [9.17, 15) is 4.79 Å². The van der Waals surface area contributed by atoms with Gasteiger partial charge in [0.1, 0.15) is 0 Å². The molecule has 0 aromatic carbocycles. The summed E-state index contributed by atoms with van der Waals surface area (Å²) in [6.07, 6.45) is 4.19. The van der Waals surface area contributed by atoms with Crippen LogP contribution in [0.5, 0.6) is 0 Å². The molecule has 0 bridgehead atoms. The highest BCUT2D eigenvalue weighted by atomic mass is 32.2. The lowest BCUT2D eigenvalue weighted by Gasteiger charge is -2.18. The Balaban J connectivity index is 2.29. The molecule has 88 valence electrons. The third-order valence-corrected chi connectivity index (χ3v) is 3.31. The van der Waals surface area contributed by atoms with Crippen LogP contribution in [0.4, 0.5) is 0 Å². The van der Waals surface area contributed by atoms with E-state index in [1.54, 1.807) is 0 Å². The summed E-state index contributed by atoms with van der Waals surface area (Å²) in [7, 11) is 0.